The molecule has 0 atom stereocenters. The lowest BCUT2D eigenvalue weighted by molar-refractivity contribution is 0.0253. The molecule has 0 amide bonds. The molecule has 1 saturated heterocycles. The molecule has 1 fully saturated rings. The van der Waals surface area contributed by atoms with Gasteiger partial charge in [-0.15, -0.1) is 0 Å². The van der Waals surface area contributed by atoms with E-state index in [-0.39, 0.29) is 6.10 Å². The Bertz CT molecular complexity index is 372. The number of halogens is 1. The maximum absolute atomic E-state index is 11.2. The van der Waals surface area contributed by atoms with Crippen molar-refractivity contribution in [1.29, 1.82) is 0 Å². The molecule has 0 aromatic heterocycles. The summed E-state index contributed by atoms with van der Waals surface area (Å²) in [6, 6.07) is 7.04. The summed E-state index contributed by atoms with van der Waals surface area (Å²) in [5, 5.41) is -0.484. The molecule has 4 heteroatoms. The molecule has 0 unspecified atom stereocenters. The first-order chi connectivity index (χ1) is 7.77. The summed E-state index contributed by atoms with van der Waals surface area (Å²) in [5.74, 6) is 0.564. The van der Waals surface area contributed by atoms with Crippen molar-refractivity contribution in [3.63, 3.8) is 0 Å². The molecule has 0 spiro atoms. The third-order valence-electron chi connectivity index (χ3n) is 2.56. The molecule has 1 aromatic rings. The number of carbonyl (C=O) groups is 1. The van der Waals surface area contributed by atoms with Crippen molar-refractivity contribution >= 4 is 16.8 Å². The van der Waals surface area contributed by atoms with E-state index in [2.05, 4.69) is 0 Å². The maximum atomic E-state index is 11.2. The van der Waals surface area contributed by atoms with Gasteiger partial charge >= 0.3 is 0 Å². The standard InChI is InChI=1S/C12H13ClO3/c13-12(14)10-3-1-2-4-11(10)16-9-5-7-15-8-6-9/h1-4,9H,5-8H2. The molecule has 2 rings (SSSR count). The van der Waals surface area contributed by atoms with E-state index in [1.54, 1.807) is 18.2 Å². The summed E-state index contributed by atoms with van der Waals surface area (Å²) < 4.78 is 11.0. The molecule has 86 valence electrons. The van der Waals surface area contributed by atoms with Crippen LogP contribution in [-0.2, 0) is 4.74 Å². The first-order valence-corrected chi connectivity index (χ1v) is 5.68. The fourth-order valence-corrected chi connectivity index (χ4v) is 1.86. The quantitative estimate of drug-likeness (QED) is 0.762. The molecule has 1 aromatic carbocycles. The summed E-state index contributed by atoms with van der Waals surface area (Å²) in [5.41, 5.74) is 0.427. The first-order valence-electron chi connectivity index (χ1n) is 5.30. The Hall–Kier alpha value is -1.06. The first kappa shape index (κ1) is 11.4. The predicted molar refractivity (Wildman–Crippen MR) is 61.1 cm³/mol. The van der Waals surface area contributed by atoms with E-state index in [4.69, 9.17) is 21.1 Å². The molecule has 1 aliphatic rings. The van der Waals surface area contributed by atoms with E-state index in [0.717, 1.165) is 12.8 Å². The van der Waals surface area contributed by atoms with Crippen molar-refractivity contribution in [2.24, 2.45) is 0 Å². The molecule has 16 heavy (non-hydrogen) atoms. The van der Waals surface area contributed by atoms with Crippen molar-refractivity contribution in [2.75, 3.05) is 13.2 Å². The van der Waals surface area contributed by atoms with Crippen LogP contribution in [-0.4, -0.2) is 24.6 Å². The van der Waals surface area contributed by atoms with Crippen LogP contribution in [0, 0.1) is 0 Å². The molecule has 0 aliphatic carbocycles. The highest BCUT2D eigenvalue weighted by molar-refractivity contribution is 6.68. The SMILES string of the molecule is O=C(Cl)c1ccccc1OC1CCOCC1. The van der Waals surface area contributed by atoms with Crippen molar-refractivity contribution in [3.05, 3.63) is 29.8 Å². The van der Waals surface area contributed by atoms with E-state index >= 15 is 0 Å². The van der Waals surface area contributed by atoms with Crippen LogP contribution in [0.5, 0.6) is 5.75 Å². The van der Waals surface area contributed by atoms with Crippen molar-refractivity contribution < 1.29 is 14.3 Å². The van der Waals surface area contributed by atoms with Gasteiger partial charge in [0.15, 0.2) is 0 Å². The lowest BCUT2D eigenvalue weighted by Crippen LogP contribution is -2.26. The minimum absolute atomic E-state index is 0.117. The molecule has 0 radical (unpaired) electrons. The molecule has 1 aliphatic heterocycles. The van der Waals surface area contributed by atoms with Gasteiger partial charge in [-0.05, 0) is 23.7 Å². The van der Waals surface area contributed by atoms with Gasteiger partial charge in [0.2, 0.25) is 0 Å². The maximum Gasteiger partial charge on any atom is 0.256 e. The number of rotatable bonds is 3. The molecule has 0 bridgehead atoms. The number of hydrogen-bond donors (Lipinski definition) is 0. The second-order valence-corrected chi connectivity index (χ2v) is 4.04. The van der Waals surface area contributed by atoms with Gasteiger partial charge in [0, 0.05) is 12.8 Å². The fourth-order valence-electron chi connectivity index (χ4n) is 1.71. The molecular weight excluding hydrogens is 228 g/mol. The lowest BCUT2D eigenvalue weighted by atomic mass is 10.1. The van der Waals surface area contributed by atoms with Crippen LogP contribution in [0.3, 0.4) is 0 Å². The molecule has 1 heterocycles. The van der Waals surface area contributed by atoms with E-state index < -0.39 is 5.24 Å². The van der Waals surface area contributed by atoms with E-state index in [9.17, 15) is 4.79 Å². The number of para-hydroxylation sites is 1. The van der Waals surface area contributed by atoms with Crippen molar-refractivity contribution in [2.45, 2.75) is 18.9 Å². The van der Waals surface area contributed by atoms with Crippen LogP contribution in [0.25, 0.3) is 0 Å². The summed E-state index contributed by atoms with van der Waals surface area (Å²) in [6.45, 7) is 1.42. The predicted octanol–water partition coefficient (Wildman–Crippen LogP) is 2.62. The zero-order valence-corrected chi connectivity index (χ0v) is 9.57. The van der Waals surface area contributed by atoms with Crippen LogP contribution in [0.2, 0.25) is 0 Å². The Balaban J connectivity index is 2.10. The van der Waals surface area contributed by atoms with Crippen LogP contribution < -0.4 is 4.74 Å². The average Bonchev–Trinajstić information content (AvgIpc) is 2.31. The van der Waals surface area contributed by atoms with Crippen molar-refractivity contribution in [1.82, 2.24) is 0 Å². The molecule has 0 saturated carbocycles. The van der Waals surface area contributed by atoms with Crippen LogP contribution in [0.4, 0.5) is 0 Å². The molecule has 0 N–H and O–H groups in total. The van der Waals surface area contributed by atoms with Crippen molar-refractivity contribution in [3.8, 4) is 5.75 Å². The van der Waals surface area contributed by atoms with Gasteiger partial charge in [-0.25, -0.2) is 0 Å². The molecule has 3 nitrogen and oxygen atoms in total. The van der Waals surface area contributed by atoms with Crippen LogP contribution in [0.1, 0.15) is 23.2 Å². The van der Waals surface area contributed by atoms with E-state index in [0.29, 0.717) is 24.5 Å². The minimum Gasteiger partial charge on any atom is -0.489 e. The Morgan fingerprint density at radius 3 is 2.69 bits per heavy atom. The van der Waals surface area contributed by atoms with Gasteiger partial charge in [-0.2, -0.15) is 0 Å². The zero-order valence-electron chi connectivity index (χ0n) is 8.82. The summed E-state index contributed by atoms with van der Waals surface area (Å²) in [4.78, 5) is 11.2. The van der Waals surface area contributed by atoms with E-state index in [1.165, 1.54) is 0 Å². The number of carbonyl (C=O) groups excluding carboxylic acids is 1. The topological polar surface area (TPSA) is 35.5 Å². The lowest BCUT2D eigenvalue weighted by Gasteiger charge is -2.24. The summed E-state index contributed by atoms with van der Waals surface area (Å²) in [7, 11) is 0. The van der Waals surface area contributed by atoms with Crippen LogP contribution >= 0.6 is 11.6 Å². The number of hydrogen-bond acceptors (Lipinski definition) is 3. The largest absolute Gasteiger partial charge is 0.489 e. The highest BCUT2D eigenvalue weighted by Crippen LogP contribution is 2.23. The Morgan fingerprint density at radius 1 is 1.31 bits per heavy atom. The second-order valence-electron chi connectivity index (χ2n) is 3.70. The normalized spacial score (nSPS) is 17.1. The van der Waals surface area contributed by atoms with Gasteiger partial charge in [-0.1, -0.05) is 12.1 Å². The monoisotopic (exact) mass is 240 g/mol. The summed E-state index contributed by atoms with van der Waals surface area (Å²) >= 11 is 5.48. The van der Waals surface area contributed by atoms with Gasteiger partial charge < -0.3 is 9.47 Å². The summed E-state index contributed by atoms with van der Waals surface area (Å²) in [6.07, 6.45) is 1.82. The van der Waals surface area contributed by atoms with Gasteiger partial charge in [0.25, 0.3) is 5.24 Å². The Kier molecular flexibility index (Phi) is 3.80. The number of ether oxygens (including phenoxy) is 2. The third kappa shape index (κ3) is 2.74. The second kappa shape index (κ2) is 5.32. The van der Waals surface area contributed by atoms with Gasteiger partial charge in [-0.3, -0.25) is 4.79 Å². The van der Waals surface area contributed by atoms with Gasteiger partial charge in [0.05, 0.1) is 18.8 Å². The molecular formula is C12H13ClO3. The van der Waals surface area contributed by atoms with E-state index in [1.807, 2.05) is 6.07 Å². The Labute approximate surface area is 99.3 Å². The fraction of sp³-hybridized carbons (Fsp3) is 0.417. The highest BCUT2D eigenvalue weighted by Gasteiger charge is 2.18. The zero-order chi connectivity index (χ0) is 11.4. The smallest absolute Gasteiger partial charge is 0.256 e. The average molecular weight is 241 g/mol. The minimum atomic E-state index is -0.484. The van der Waals surface area contributed by atoms with Gasteiger partial charge in [0.1, 0.15) is 11.9 Å². The number of benzene rings is 1. The van der Waals surface area contributed by atoms with Crippen LogP contribution in [0.15, 0.2) is 24.3 Å². The third-order valence-corrected chi connectivity index (χ3v) is 2.76. The highest BCUT2D eigenvalue weighted by atomic mass is 35.5. The Morgan fingerprint density at radius 2 is 2.00 bits per heavy atom.